The number of hydrogen-bond acceptors (Lipinski definition) is 3. The fraction of sp³-hybridized carbons (Fsp3) is 0.967. The van der Waals surface area contributed by atoms with Gasteiger partial charge in [0.05, 0.1) is 17.3 Å². The van der Waals surface area contributed by atoms with Crippen LogP contribution in [0.1, 0.15) is 120 Å². The molecule has 188 valence electrons. The maximum atomic E-state index is 12.9. The van der Waals surface area contributed by atoms with Gasteiger partial charge in [0.1, 0.15) is 5.78 Å². The monoisotopic (exact) mass is 458 g/mol. The molecule has 3 heteroatoms. The van der Waals surface area contributed by atoms with E-state index < -0.39 is 5.60 Å². The van der Waals surface area contributed by atoms with Crippen LogP contribution in [-0.2, 0) is 9.53 Å². The van der Waals surface area contributed by atoms with Crippen molar-refractivity contribution in [3.05, 3.63) is 0 Å². The topological polar surface area (TPSA) is 46.5 Å². The molecule has 0 aromatic carbocycles. The Hall–Kier alpha value is -0.410. The number of aliphatic hydroxyl groups is 1. The molecule has 0 spiro atoms. The number of carbonyl (C=O) groups excluding carboxylic acids is 1. The Kier molecular flexibility index (Phi) is 5.22. The van der Waals surface area contributed by atoms with E-state index in [9.17, 15) is 9.90 Å². The van der Waals surface area contributed by atoms with Crippen molar-refractivity contribution in [1.29, 1.82) is 0 Å². The average Bonchev–Trinajstić information content (AvgIpc) is 3.27. The quantitative estimate of drug-likeness (QED) is 0.487. The summed E-state index contributed by atoms with van der Waals surface area (Å²) in [5.74, 6) is 3.06. The Morgan fingerprint density at radius 2 is 1.45 bits per heavy atom. The molecular formula is C30H50O3. The summed E-state index contributed by atoms with van der Waals surface area (Å²) in [4.78, 5) is 12.9. The number of rotatable bonds is 2. The van der Waals surface area contributed by atoms with E-state index in [2.05, 4.69) is 41.5 Å². The van der Waals surface area contributed by atoms with Gasteiger partial charge in [0, 0.05) is 11.8 Å². The van der Waals surface area contributed by atoms with E-state index in [1.165, 1.54) is 38.5 Å². The smallest absolute Gasteiger partial charge is 0.138 e. The van der Waals surface area contributed by atoms with Crippen LogP contribution in [-0.4, -0.2) is 28.2 Å². The van der Waals surface area contributed by atoms with E-state index in [4.69, 9.17) is 4.74 Å². The maximum Gasteiger partial charge on any atom is 0.138 e. The Bertz CT molecular complexity index is 825. The van der Waals surface area contributed by atoms with Gasteiger partial charge in [-0.05, 0) is 118 Å². The third-order valence-electron chi connectivity index (χ3n) is 13.0. The van der Waals surface area contributed by atoms with Gasteiger partial charge in [0.15, 0.2) is 0 Å². The predicted molar refractivity (Wildman–Crippen MR) is 133 cm³/mol. The number of ketones is 1. The van der Waals surface area contributed by atoms with Gasteiger partial charge in [0.25, 0.3) is 0 Å². The summed E-state index contributed by atoms with van der Waals surface area (Å²) in [6, 6.07) is 0. The molecule has 3 nitrogen and oxygen atoms in total. The molecule has 0 radical (unpaired) electrons. The predicted octanol–water partition coefficient (Wildman–Crippen LogP) is 6.95. The fourth-order valence-electron chi connectivity index (χ4n) is 10.9. The van der Waals surface area contributed by atoms with Crippen LogP contribution < -0.4 is 0 Å². The van der Waals surface area contributed by atoms with Crippen molar-refractivity contribution < 1.29 is 14.6 Å². The van der Waals surface area contributed by atoms with Crippen LogP contribution >= 0.6 is 0 Å². The van der Waals surface area contributed by atoms with Gasteiger partial charge in [0.2, 0.25) is 0 Å². The number of Topliss-reactive ketones (excluding diaryl/α,β-unsaturated/α-hetero) is 1. The second-order valence-corrected chi connectivity index (χ2v) is 15.1. The summed E-state index contributed by atoms with van der Waals surface area (Å²) < 4.78 is 6.72. The van der Waals surface area contributed by atoms with Crippen molar-refractivity contribution in [3.8, 4) is 0 Å². The lowest BCUT2D eigenvalue weighted by atomic mass is 9.35. The maximum absolute atomic E-state index is 12.9. The van der Waals surface area contributed by atoms with E-state index in [0.29, 0.717) is 34.4 Å². The van der Waals surface area contributed by atoms with Gasteiger partial charge >= 0.3 is 0 Å². The zero-order chi connectivity index (χ0) is 24.2. The number of fused-ring (bicyclic) bond motifs is 5. The summed E-state index contributed by atoms with van der Waals surface area (Å²) in [6.45, 7) is 18.5. The van der Waals surface area contributed by atoms with E-state index in [0.717, 1.165) is 31.6 Å². The Balaban J connectivity index is 1.45. The normalized spacial score (nSPS) is 54.0. The number of hydrogen-bond donors (Lipinski definition) is 1. The van der Waals surface area contributed by atoms with E-state index in [1.807, 2.05) is 13.8 Å². The van der Waals surface area contributed by atoms with Crippen LogP contribution in [0.3, 0.4) is 0 Å². The molecular weight excluding hydrogens is 408 g/mol. The first-order valence-corrected chi connectivity index (χ1v) is 14.0. The molecule has 1 saturated heterocycles. The molecule has 4 aliphatic carbocycles. The highest BCUT2D eigenvalue weighted by Crippen LogP contribution is 2.75. The molecule has 5 aliphatic rings. The molecule has 5 fully saturated rings. The average molecular weight is 459 g/mol. The van der Waals surface area contributed by atoms with Gasteiger partial charge in [-0.3, -0.25) is 4.79 Å². The largest absolute Gasteiger partial charge is 0.388 e. The third-order valence-corrected chi connectivity index (χ3v) is 13.0. The van der Waals surface area contributed by atoms with Crippen LogP contribution in [0.15, 0.2) is 0 Å². The van der Waals surface area contributed by atoms with Gasteiger partial charge in [-0.1, -0.05) is 34.6 Å². The summed E-state index contributed by atoms with van der Waals surface area (Å²) in [6.07, 6.45) is 11.6. The highest BCUT2D eigenvalue weighted by atomic mass is 16.5. The van der Waals surface area contributed by atoms with Crippen molar-refractivity contribution in [2.24, 2.45) is 45.3 Å². The fourth-order valence-corrected chi connectivity index (χ4v) is 10.9. The first-order valence-electron chi connectivity index (χ1n) is 14.0. The van der Waals surface area contributed by atoms with Gasteiger partial charge in [-0.15, -0.1) is 0 Å². The molecule has 1 heterocycles. The Labute approximate surface area is 202 Å². The van der Waals surface area contributed by atoms with Crippen LogP contribution in [0.25, 0.3) is 0 Å². The molecule has 4 saturated carbocycles. The van der Waals surface area contributed by atoms with E-state index >= 15 is 0 Å². The molecule has 1 N–H and O–H groups in total. The van der Waals surface area contributed by atoms with E-state index in [1.54, 1.807) is 0 Å². The van der Waals surface area contributed by atoms with Crippen LogP contribution in [0, 0.1) is 45.3 Å². The first kappa shape index (κ1) is 24.3. The summed E-state index contributed by atoms with van der Waals surface area (Å²) in [7, 11) is 0. The Morgan fingerprint density at radius 1 is 0.788 bits per heavy atom. The minimum Gasteiger partial charge on any atom is -0.388 e. The molecule has 0 bridgehead atoms. The second kappa shape index (κ2) is 7.09. The molecule has 0 aromatic rings. The molecule has 0 aromatic heterocycles. The molecule has 0 unspecified atom stereocenters. The highest BCUT2D eigenvalue weighted by Gasteiger charge is 2.70. The van der Waals surface area contributed by atoms with Crippen LogP contribution in [0.2, 0.25) is 0 Å². The van der Waals surface area contributed by atoms with Crippen molar-refractivity contribution in [2.75, 3.05) is 0 Å². The summed E-state index contributed by atoms with van der Waals surface area (Å²) in [5.41, 5.74) is -0.0493. The van der Waals surface area contributed by atoms with Crippen molar-refractivity contribution in [2.45, 2.75) is 137 Å². The van der Waals surface area contributed by atoms with Gasteiger partial charge in [-0.2, -0.15) is 0 Å². The van der Waals surface area contributed by atoms with Crippen LogP contribution in [0.5, 0.6) is 0 Å². The standard InChI is InChI=1S/C30H50O3/c1-25(2)21-12-17-29(7)22(27(21,5)15-13-23(25)31)10-9-19-20(11-16-28(19,29)6)30(8)18-14-24(33-30)26(3,4)32/h19-22,24,32H,9-18H2,1-8H3/t19-,20+,21+,22-,24+,27+,28-,29-,30+/m1/s1. The first-order chi connectivity index (χ1) is 15.1. The lowest BCUT2D eigenvalue weighted by Crippen LogP contribution is -2.63. The van der Waals surface area contributed by atoms with E-state index in [-0.39, 0.29) is 22.5 Å². The zero-order valence-corrected chi connectivity index (χ0v) is 22.7. The summed E-state index contributed by atoms with van der Waals surface area (Å²) >= 11 is 0. The molecule has 5 rings (SSSR count). The number of ether oxygens (including phenoxy) is 1. The SMILES string of the molecule is CC(C)(O)[C@@H]1CC[C@@](C)([C@H]2CC[C@]3(C)[C@@H]2CC[C@@H]2[C@@]4(C)CCC(=O)C(C)(C)[C@@H]4CC[C@]23C)O1. The van der Waals surface area contributed by atoms with Crippen molar-refractivity contribution >= 4 is 5.78 Å². The van der Waals surface area contributed by atoms with Gasteiger partial charge < -0.3 is 9.84 Å². The molecule has 9 atom stereocenters. The molecule has 1 aliphatic heterocycles. The minimum absolute atomic E-state index is 0.0439. The van der Waals surface area contributed by atoms with Crippen LogP contribution in [0.4, 0.5) is 0 Å². The highest BCUT2D eigenvalue weighted by molar-refractivity contribution is 5.85. The Morgan fingerprint density at radius 3 is 2.09 bits per heavy atom. The molecule has 0 amide bonds. The third kappa shape index (κ3) is 3.09. The van der Waals surface area contributed by atoms with Crippen molar-refractivity contribution in [3.63, 3.8) is 0 Å². The van der Waals surface area contributed by atoms with Crippen molar-refractivity contribution in [1.82, 2.24) is 0 Å². The zero-order valence-electron chi connectivity index (χ0n) is 22.7. The second-order valence-electron chi connectivity index (χ2n) is 15.1. The lowest BCUT2D eigenvalue weighted by Gasteiger charge is -2.69. The minimum atomic E-state index is -0.762. The molecule has 33 heavy (non-hydrogen) atoms. The number of carbonyl (C=O) groups is 1. The van der Waals surface area contributed by atoms with Gasteiger partial charge in [-0.25, -0.2) is 0 Å². The summed E-state index contributed by atoms with van der Waals surface area (Å²) in [5, 5.41) is 10.6. The lowest BCUT2D eigenvalue weighted by molar-refractivity contribution is -0.210.